The van der Waals surface area contributed by atoms with Gasteiger partial charge in [-0.05, 0) is 47.0 Å². The molecule has 1 aliphatic rings. The number of nitrogens with two attached hydrogens (primary N) is 1. The maximum Gasteiger partial charge on any atom is 0.251 e. The van der Waals surface area contributed by atoms with Gasteiger partial charge in [-0.25, -0.2) is 0 Å². The van der Waals surface area contributed by atoms with Gasteiger partial charge in [0.2, 0.25) is 0 Å². The highest BCUT2D eigenvalue weighted by atomic mass is 79.9. The summed E-state index contributed by atoms with van der Waals surface area (Å²) in [7, 11) is 0. The van der Waals surface area contributed by atoms with E-state index in [1.54, 1.807) is 18.2 Å². The van der Waals surface area contributed by atoms with Crippen LogP contribution in [-0.4, -0.2) is 24.2 Å². The first-order chi connectivity index (χ1) is 9.56. The van der Waals surface area contributed by atoms with E-state index >= 15 is 0 Å². The number of benzene rings is 1. The highest BCUT2D eigenvalue weighted by Crippen LogP contribution is 2.35. The number of anilines is 1. The molecule has 0 spiro atoms. The summed E-state index contributed by atoms with van der Waals surface area (Å²) in [6.07, 6.45) is 5.43. The summed E-state index contributed by atoms with van der Waals surface area (Å²) in [5.41, 5.74) is 6.74. The highest BCUT2D eigenvalue weighted by molar-refractivity contribution is 9.10. The van der Waals surface area contributed by atoms with Gasteiger partial charge in [-0.1, -0.05) is 19.3 Å². The van der Waals surface area contributed by atoms with Crippen molar-refractivity contribution in [1.82, 2.24) is 5.32 Å². The van der Waals surface area contributed by atoms with Gasteiger partial charge in [0.1, 0.15) is 0 Å². The van der Waals surface area contributed by atoms with Crippen molar-refractivity contribution in [3.05, 3.63) is 28.2 Å². The molecule has 0 saturated heterocycles. The number of nitrogens with one attached hydrogen (secondary N) is 1. The van der Waals surface area contributed by atoms with Gasteiger partial charge in [0.15, 0.2) is 0 Å². The van der Waals surface area contributed by atoms with Crippen molar-refractivity contribution < 1.29 is 9.90 Å². The fourth-order valence-electron chi connectivity index (χ4n) is 2.75. The van der Waals surface area contributed by atoms with Crippen molar-refractivity contribution in [2.24, 2.45) is 5.41 Å². The van der Waals surface area contributed by atoms with Crippen molar-refractivity contribution in [3.63, 3.8) is 0 Å². The van der Waals surface area contributed by atoms with E-state index in [2.05, 4.69) is 21.2 Å². The van der Waals surface area contributed by atoms with Crippen molar-refractivity contribution >= 4 is 27.5 Å². The van der Waals surface area contributed by atoms with Crippen molar-refractivity contribution in [1.29, 1.82) is 0 Å². The molecule has 1 fully saturated rings. The minimum absolute atomic E-state index is 0.135. The molecule has 5 heteroatoms. The van der Waals surface area contributed by atoms with Gasteiger partial charge in [-0.3, -0.25) is 4.79 Å². The van der Waals surface area contributed by atoms with E-state index in [-0.39, 0.29) is 17.9 Å². The zero-order chi connectivity index (χ0) is 14.6. The molecule has 4 N–H and O–H groups in total. The number of nitrogen functional groups attached to an aromatic ring is 1. The molecule has 1 aliphatic carbocycles. The second kappa shape index (κ2) is 6.59. The molecule has 1 saturated carbocycles. The van der Waals surface area contributed by atoms with E-state index in [0.717, 1.165) is 30.2 Å². The molecule has 1 amide bonds. The molecule has 0 unspecified atom stereocenters. The Balaban J connectivity index is 1.98. The van der Waals surface area contributed by atoms with Gasteiger partial charge in [0.05, 0.1) is 6.61 Å². The average molecular weight is 341 g/mol. The lowest BCUT2D eigenvalue weighted by Crippen LogP contribution is -2.41. The largest absolute Gasteiger partial charge is 0.398 e. The average Bonchev–Trinajstić information content (AvgIpc) is 2.48. The summed E-state index contributed by atoms with van der Waals surface area (Å²) in [4.78, 5) is 12.1. The van der Waals surface area contributed by atoms with E-state index in [9.17, 15) is 9.90 Å². The highest BCUT2D eigenvalue weighted by Gasteiger charge is 2.31. The minimum Gasteiger partial charge on any atom is -0.398 e. The van der Waals surface area contributed by atoms with Crippen LogP contribution in [0.1, 0.15) is 42.5 Å². The third-order valence-corrected chi connectivity index (χ3v) is 4.85. The molecule has 1 aromatic carbocycles. The molecule has 4 nitrogen and oxygen atoms in total. The zero-order valence-electron chi connectivity index (χ0n) is 11.5. The second-order valence-corrected chi connectivity index (χ2v) is 6.49. The molecule has 20 heavy (non-hydrogen) atoms. The Morgan fingerprint density at radius 1 is 1.35 bits per heavy atom. The lowest BCUT2D eigenvalue weighted by Gasteiger charge is -2.35. The fourth-order valence-corrected chi connectivity index (χ4v) is 2.99. The summed E-state index contributed by atoms with van der Waals surface area (Å²) >= 11 is 3.31. The Labute approximate surface area is 127 Å². The summed E-state index contributed by atoms with van der Waals surface area (Å²) in [5.74, 6) is -0.136. The molecule has 0 atom stereocenters. The molecule has 0 radical (unpaired) electrons. The summed E-state index contributed by atoms with van der Waals surface area (Å²) in [5, 5.41) is 12.6. The summed E-state index contributed by atoms with van der Waals surface area (Å²) < 4.78 is 0.785. The molecule has 2 rings (SSSR count). The molecule has 0 heterocycles. The van der Waals surface area contributed by atoms with Crippen LogP contribution >= 0.6 is 15.9 Å². The quantitative estimate of drug-likeness (QED) is 0.737. The van der Waals surface area contributed by atoms with Crippen LogP contribution in [0.15, 0.2) is 22.7 Å². The van der Waals surface area contributed by atoms with Crippen LogP contribution in [0, 0.1) is 5.41 Å². The van der Waals surface area contributed by atoms with Gasteiger partial charge < -0.3 is 16.2 Å². The van der Waals surface area contributed by atoms with E-state index in [4.69, 9.17) is 5.73 Å². The Morgan fingerprint density at radius 3 is 2.65 bits per heavy atom. The van der Waals surface area contributed by atoms with Crippen LogP contribution in [-0.2, 0) is 0 Å². The lowest BCUT2D eigenvalue weighted by atomic mass is 9.74. The number of hydrogen-bond acceptors (Lipinski definition) is 3. The van der Waals surface area contributed by atoms with E-state index in [1.165, 1.54) is 6.42 Å². The van der Waals surface area contributed by atoms with Crippen molar-refractivity contribution in [3.8, 4) is 0 Å². The summed E-state index contributed by atoms with van der Waals surface area (Å²) in [6.45, 7) is 0.661. The van der Waals surface area contributed by atoms with Gasteiger partial charge in [-0.15, -0.1) is 0 Å². The Morgan fingerprint density at radius 2 is 2.05 bits per heavy atom. The predicted molar refractivity (Wildman–Crippen MR) is 83.5 cm³/mol. The maximum atomic E-state index is 12.1. The van der Waals surface area contributed by atoms with Crippen LogP contribution in [0.25, 0.3) is 0 Å². The molecule has 0 aliphatic heterocycles. The number of rotatable bonds is 4. The molecule has 1 aromatic rings. The van der Waals surface area contributed by atoms with Crippen LogP contribution in [0.3, 0.4) is 0 Å². The third-order valence-electron chi connectivity index (χ3n) is 4.13. The van der Waals surface area contributed by atoms with Gasteiger partial charge in [-0.2, -0.15) is 0 Å². The number of carbonyl (C=O) groups is 1. The van der Waals surface area contributed by atoms with Gasteiger partial charge in [0.25, 0.3) is 5.91 Å². The number of aliphatic hydroxyl groups excluding tert-OH is 1. The minimum atomic E-state index is -0.144. The van der Waals surface area contributed by atoms with Gasteiger partial charge >= 0.3 is 0 Å². The molecule has 0 aromatic heterocycles. The maximum absolute atomic E-state index is 12.1. The first kappa shape index (κ1) is 15.3. The van der Waals surface area contributed by atoms with E-state index in [0.29, 0.717) is 17.8 Å². The number of halogens is 1. The van der Waals surface area contributed by atoms with Crippen LogP contribution in [0.2, 0.25) is 0 Å². The van der Waals surface area contributed by atoms with E-state index in [1.807, 2.05) is 0 Å². The first-order valence-electron chi connectivity index (χ1n) is 7.00. The van der Waals surface area contributed by atoms with Crippen molar-refractivity contribution in [2.75, 3.05) is 18.9 Å². The standard InChI is InChI=1S/C15H21BrN2O2/c16-12-5-4-11(8-13(12)17)14(20)18-9-15(10-19)6-2-1-3-7-15/h4-5,8,19H,1-3,6-7,9-10,17H2,(H,18,20). The smallest absolute Gasteiger partial charge is 0.251 e. The van der Waals surface area contributed by atoms with E-state index < -0.39 is 0 Å². The summed E-state index contributed by atoms with van der Waals surface area (Å²) in [6, 6.07) is 5.17. The van der Waals surface area contributed by atoms with Crippen molar-refractivity contribution in [2.45, 2.75) is 32.1 Å². The number of amides is 1. The lowest BCUT2D eigenvalue weighted by molar-refractivity contribution is 0.0718. The Hall–Kier alpha value is -1.07. The molecular weight excluding hydrogens is 320 g/mol. The fraction of sp³-hybridized carbons (Fsp3) is 0.533. The monoisotopic (exact) mass is 340 g/mol. The number of aliphatic hydroxyl groups is 1. The second-order valence-electron chi connectivity index (χ2n) is 5.64. The normalized spacial score (nSPS) is 17.7. The third kappa shape index (κ3) is 3.52. The predicted octanol–water partition coefficient (Wildman–Crippen LogP) is 2.70. The van der Waals surface area contributed by atoms with Crippen LogP contribution < -0.4 is 11.1 Å². The zero-order valence-corrected chi connectivity index (χ0v) is 13.1. The topological polar surface area (TPSA) is 75.4 Å². The first-order valence-corrected chi connectivity index (χ1v) is 7.80. The SMILES string of the molecule is Nc1cc(C(=O)NCC2(CO)CCCCC2)ccc1Br. The van der Waals surface area contributed by atoms with Crippen LogP contribution in [0.5, 0.6) is 0 Å². The molecular formula is C15H21BrN2O2. The Kier molecular flexibility index (Phi) is 5.05. The Bertz CT molecular complexity index is 485. The van der Waals surface area contributed by atoms with Crippen LogP contribution in [0.4, 0.5) is 5.69 Å². The van der Waals surface area contributed by atoms with Gasteiger partial charge in [0, 0.05) is 27.7 Å². The molecule has 110 valence electrons. The molecule has 0 bridgehead atoms. The number of hydrogen-bond donors (Lipinski definition) is 3. The number of carbonyl (C=O) groups excluding carboxylic acids is 1.